The van der Waals surface area contributed by atoms with E-state index in [9.17, 15) is 0 Å². The largest absolute Gasteiger partial charge is 0.409 e. The number of hydrogen-bond acceptors (Lipinski definition) is 6. The van der Waals surface area contributed by atoms with E-state index in [0.29, 0.717) is 45.4 Å². The summed E-state index contributed by atoms with van der Waals surface area (Å²) < 4.78 is 12.2. The van der Waals surface area contributed by atoms with Crippen LogP contribution in [0.4, 0.5) is 5.69 Å². The van der Waals surface area contributed by atoms with Gasteiger partial charge >= 0.3 is 0 Å². The Kier molecular flexibility index (Phi) is 6.91. The van der Waals surface area contributed by atoms with E-state index in [1.54, 1.807) is 0 Å². The van der Waals surface area contributed by atoms with E-state index in [1.807, 2.05) is 42.5 Å². The van der Waals surface area contributed by atoms with Gasteiger partial charge in [-0.15, -0.1) is 0 Å². The van der Waals surface area contributed by atoms with Gasteiger partial charge in [-0.25, -0.2) is 0 Å². The van der Waals surface area contributed by atoms with Gasteiger partial charge in [0, 0.05) is 40.9 Å². The number of halogens is 2. The molecule has 2 fully saturated rings. The molecule has 1 aromatic heterocycles. The minimum atomic E-state index is 0.105. The first-order chi connectivity index (χ1) is 17.0. The predicted octanol–water partition coefficient (Wildman–Crippen LogP) is 6.19. The van der Waals surface area contributed by atoms with Crippen LogP contribution in [0.3, 0.4) is 0 Å². The van der Waals surface area contributed by atoms with Crippen LogP contribution in [0.5, 0.6) is 0 Å². The molecule has 0 spiro atoms. The number of nitrogens with two attached hydrogens (primary N) is 1. The van der Waals surface area contributed by atoms with Gasteiger partial charge in [0.25, 0.3) is 0 Å². The van der Waals surface area contributed by atoms with Gasteiger partial charge in [-0.05, 0) is 69.0 Å². The van der Waals surface area contributed by atoms with E-state index in [-0.39, 0.29) is 11.9 Å². The first-order valence-electron chi connectivity index (χ1n) is 11.8. The molecule has 184 valence electrons. The van der Waals surface area contributed by atoms with E-state index in [2.05, 4.69) is 22.1 Å². The third-order valence-corrected chi connectivity index (χ3v) is 7.49. The highest BCUT2D eigenvalue weighted by Gasteiger charge is 2.34. The molecule has 0 unspecified atom stereocenters. The van der Waals surface area contributed by atoms with E-state index >= 15 is 0 Å². The molecule has 7 nitrogen and oxygen atoms in total. The molecule has 0 amide bonds. The number of rotatable bonds is 7. The lowest BCUT2D eigenvalue weighted by molar-refractivity contribution is 0.0175. The third kappa shape index (κ3) is 4.99. The maximum atomic E-state index is 8.87. The van der Waals surface area contributed by atoms with Crippen LogP contribution in [0, 0.1) is 0 Å². The van der Waals surface area contributed by atoms with Crippen molar-refractivity contribution in [3.8, 4) is 11.3 Å². The molecule has 2 atom stereocenters. The number of piperidine rings is 1. The van der Waals surface area contributed by atoms with Crippen molar-refractivity contribution in [3.05, 3.63) is 69.4 Å². The van der Waals surface area contributed by atoms with E-state index in [0.717, 1.165) is 49.2 Å². The smallest absolute Gasteiger partial charge is 0.170 e. The van der Waals surface area contributed by atoms with Crippen LogP contribution in [0.1, 0.15) is 55.4 Å². The molecule has 1 saturated carbocycles. The molecule has 2 aliphatic rings. The molecule has 1 aliphatic heterocycles. The highest BCUT2D eigenvalue weighted by Crippen LogP contribution is 2.46. The van der Waals surface area contributed by atoms with Crippen molar-refractivity contribution >= 4 is 34.7 Å². The van der Waals surface area contributed by atoms with Gasteiger partial charge in [-0.3, -0.25) is 0 Å². The topological polar surface area (TPSA) is 97.1 Å². The van der Waals surface area contributed by atoms with Crippen LogP contribution < -0.4 is 10.6 Å². The highest BCUT2D eigenvalue weighted by atomic mass is 35.5. The molecule has 1 aliphatic carbocycles. The number of nitrogens with zero attached hydrogens (tertiary/aromatic N) is 3. The molecule has 3 N–H and O–H groups in total. The summed E-state index contributed by atoms with van der Waals surface area (Å²) in [5, 5.41) is 17.4. The predicted molar refractivity (Wildman–Crippen MR) is 138 cm³/mol. The number of hydrogen-bond donors (Lipinski definition) is 2. The van der Waals surface area contributed by atoms with Crippen LogP contribution in [0.15, 0.2) is 52.1 Å². The quantitative estimate of drug-likeness (QED) is 0.169. The van der Waals surface area contributed by atoms with Gasteiger partial charge < -0.3 is 25.1 Å². The zero-order valence-electron chi connectivity index (χ0n) is 19.5. The van der Waals surface area contributed by atoms with Gasteiger partial charge in [0.15, 0.2) is 5.84 Å². The monoisotopic (exact) mass is 514 g/mol. The standard InChI is InChI=1S/C26H28Cl2N4O3/c1-15-13-19(11-12-32(15)18-9-7-17(8-10-18)26(29)30-33)34-14-20-24(31-35-25(20)16-5-6-16)23-21(27)3-2-4-22(23)28/h2-4,7-10,15-16,19,33H,5-6,11-14H2,1H3,(H2,29,30)/t15-,19-/m1/s1. The number of amidine groups is 1. The van der Waals surface area contributed by atoms with Crippen molar-refractivity contribution in [1.29, 1.82) is 0 Å². The van der Waals surface area contributed by atoms with Crippen molar-refractivity contribution in [2.45, 2.75) is 57.3 Å². The maximum Gasteiger partial charge on any atom is 0.170 e. The summed E-state index contributed by atoms with van der Waals surface area (Å²) in [4.78, 5) is 2.36. The Labute approximate surface area is 214 Å². The van der Waals surface area contributed by atoms with Gasteiger partial charge in [0.2, 0.25) is 0 Å². The average molecular weight is 515 g/mol. The van der Waals surface area contributed by atoms with Gasteiger partial charge in [0.05, 0.1) is 22.8 Å². The fraction of sp³-hybridized carbons (Fsp3) is 0.385. The minimum Gasteiger partial charge on any atom is -0.409 e. The second-order valence-electron chi connectivity index (χ2n) is 9.28. The summed E-state index contributed by atoms with van der Waals surface area (Å²) in [6, 6.07) is 13.5. The van der Waals surface area contributed by atoms with Crippen molar-refractivity contribution in [1.82, 2.24) is 5.16 Å². The normalized spacial score (nSPS) is 20.9. The van der Waals surface area contributed by atoms with Crippen molar-refractivity contribution in [2.24, 2.45) is 10.9 Å². The number of aromatic nitrogens is 1. The maximum absolute atomic E-state index is 8.87. The summed E-state index contributed by atoms with van der Waals surface area (Å²) in [6.45, 7) is 3.49. The number of ether oxygens (including phenoxy) is 1. The first-order valence-corrected chi connectivity index (χ1v) is 12.6. The summed E-state index contributed by atoms with van der Waals surface area (Å²) in [7, 11) is 0. The summed E-state index contributed by atoms with van der Waals surface area (Å²) >= 11 is 13.0. The summed E-state index contributed by atoms with van der Waals surface area (Å²) in [6.07, 6.45) is 4.12. The molecular weight excluding hydrogens is 487 g/mol. The second-order valence-corrected chi connectivity index (χ2v) is 10.1. The number of oxime groups is 1. The Balaban J connectivity index is 1.28. The summed E-state index contributed by atoms with van der Waals surface area (Å²) in [5.74, 6) is 1.39. The lowest BCUT2D eigenvalue weighted by Gasteiger charge is -2.39. The van der Waals surface area contributed by atoms with Crippen molar-refractivity contribution in [2.75, 3.05) is 11.4 Å². The van der Waals surface area contributed by atoms with E-state index in [1.165, 1.54) is 0 Å². The Morgan fingerprint density at radius 2 is 1.89 bits per heavy atom. The fourth-order valence-electron chi connectivity index (χ4n) is 4.79. The van der Waals surface area contributed by atoms with Crippen molar-refractivity contribution in [3.63, 3.8) is 0 Å². The van der Waals surface area contributed by atoms with Crippen LogP contribution >= 0.6 is 23.2 Å². The van der Waals surface area contributed by atoms with Crippen LogP contribution in [-0.2, 0) is 11.3 Å². The first kappa shape index (κ1) is 24.0. The van der Waals surface area contributed by atoms with Crippen LogP contribution in [0.2, 0.25) is 10.0 Å². The number of benzene rings is 2. The average Bonchev–Trinajstić information content (AvgIpc) is 3.62. The molecule has 2 heterocycles. The molecule has 0 radical (unpaired) electrons. The lowest BCUT2D eigenvalue weighted by atomic mass is 9.99. The highest BCUT2D eigenvalue weighted by molar-refractivity contribution is 6.39. The molecule has 0 bridgehead atoms. The lowest BCUT2D eigenvalue weighted by Crippen LogP contribution is -2.43. The Hall–Kier alpha value is -2.74. The Bertz CT molecular complexity index is 1200. The van der Waals surface area contributed by atoms with Gasteiger partial charge in [0.1, 0.15) is 11.5 Å². The van der Waals surface area contributed by atoms with Crippen LogP contribution in [0.25, 0.3) is 11.3 Å². The number of anilines is 1. The Morgan fingerprint density at radius 1 is 1.17 bits per heavy atom. The van der Waals surface area contributed by atoms with Crippen LogP contribution in [-0.4, -0.2) is 34.9 Å². The van der Waals surface area contributed by atoms with E-state index in [4.69, 9.17) is 43.4 Å². The van der Waals surface area contributed by atoms with Crippen molar-refractivity contribution < 1.29 is 14.5 Å². The molecule has 3 aromatic rings. The van der Waals surface area contributed by atoms with Gasteiger partial charge in [-0.2, -0.15) is 0 Å². The van der Waals surface area contributed by atoms with E-state index < -0.39 is 0 Å². The van der Waals surface area contributed by atoms with Gasteiger partial charge in [-0.1, -0.05) is 39.6 Å². The minimum absolute atomic E-state index is 0.105. The molecule has 9 heteroatoms. The molecule has 5 rings (SSSR count). The third-order valence-electron chi connectivity index (χ3n) is 6.86. The second kappa shape index (κ2) is 10.1. The zero-order valence-corrected chi connectivity index (χ0v) is 21.0. The molecule has 35 heavy (non-hydrogen) atoms. The molecule has 1 saturated heterocycles. The molecule has 2 aromatic carbocycles. The summed E-state index contributed by atoms with van der Waals surface area (Å²) in [5.41, 5.74) is 9.81. The Morgan fingerprint density at radius 3 is 2.51 bits per heavy atom. The SMILES string of the molecule is C[C@@H]1C[C@H](OCc2c(-c3c(Cl)cccc3Cl)noc2C2CC2)CCN1c1ccc(/C(N)=N/O)cc1. The zero-order chi connectivity index (χ0) is 24.5. The fourth-order valence-corrected chi connectivity index (χ4v) is 5.37. The molecular formula is C26H28Cl2N4O3.